The second kappa shape index (κ2) is 5.19. The Labute approximate surface area is 119 Å². The van der Waals surface area contributed by atoms with Crippen molar-refractivity contribution < 1.29 is 14.6 Å². The molecular formula is C16H21NO3. The van der Waals surface area contributed by atoms with Gasteiger partial charge in [0, 0.05) is 13.6 Å². The van der Waals surface area contributed by atoms with Crippen molar-refractivity contribution in [2.45, 2.75) is 37.5 Å². The van der Waals surface area contributed by atoms with E-state index < -0.39 is 5.60 Å². The first-order chi connectivity index (χ1) is 9.64. The summed E-state index contributed by atoms with van der Waals surface area (Å²) in [5, 5.41) is 9.64. The average molecular weight is 275 g/mol. The molecule has 2 aliphatic heterocycles. The van der Waals surface area contributed by atoms with Crippen molar-refractivity contribution in [3.8, 4) is 0 Å². The normalized spacial score (nSPS) is 31.5. The third-order valence-electron chi connectivity index (χ3n) is 4.63. The molecule has 108 valence electrons. The minimum Gasteiger partial charge on any atom is -0.393 e. The molecule has 2 fully saturated rings. The van der Waals surface area contributed by atoms with Crippen molar-refractivity contribution in [1.29, 1.82) is 0 Å². The SMILES string of the molecule is CN(Cc1ccccc1)C(=O)C1CC2CC[C@@]1(CO)O2. The lowest BCUT2D eigenvalue weighted by atomic mass is 9.78. The summed E-state index contributed by atoms with van der Waals surface area (Å²) in [7, 11) is 1.83. The first-order valence-corrected chi connectivity index (χ1v) is 7.22. The number of hydrogen-bond donors (Lipinski definition) is 1. The third-order valence-corrected chi connectivity index (χ3v) is 4.63. The van der Waals surface area contributed by atoms with Gasteiger partial charge in [-0.05, 0) is 24.8 Å². The Balaban J connectivity index is 1.70. The largest absolute Gasteiger partial charge is 0.393 e. The number of carbonyl (C=O) groups is 1. The minimum absolute atomic E-state index is 0.0565. The Kier molecular flexibility index (Phi) is 3.52. The van der Waals surface area contributed by atoms with Gasteiger partial charge in [-0.25, -0.2) is 0 Å². The molecule has 0 saturated carbocycles. The number of aliphatic hydroxyl groups is 1. The number of nitrogens with zero attached hydrogens (tertiary/aromatic N) is 1. The van der Waals surface area contributed by atoms with Gasteiger partial charge in [0.25, 0.3) is 0 Å². The van der Waals surface area contributed by atoms with Gasteiger partial charge in [0.1, 0.15) is 5.60 Å². The Morgan fingerprint density at radius 1 is 1.45 bits per heavy atom. The fraction of sp³-hybridized carbons (Fsp3) is 0.562. The van der Waals surface area contributed by atoms with Crippen LogP contribution in [0.4, 0.5) is 0 Å². The van der Waals surface area contributed by atoms with Gasteiger partial charge in [0.2, 0.25) is 5.91 Å². The molecule has 2 bridgehead atoms. The zero-order chi connectivity index (χ0) is 14.2. The molecular weight excluding hydrogens is 254 g/mol. The molecule has 1 aromatic rings. The molecule has 4 heteroatoms. The molecule has 2 heterocycles. The molecule has 3 atom stereocenters. The highest BCUT2D eigenvalue weighted by atomic mass is 16.5. The summed E-state index contributed by atoms with van der Waals surface area (Å²) in [4.78, 5) is 14.4. The van der Waals surface area contributed by atoms with E-state index >= 15 is 0 Å². The number of aliphatic hydroxyl groups excluding tert-OH is 1. The molecule has 2 aliphatic rings. The van der Waals surface area contributed by atoms with E-state index in [-0.39, 0.29) is 24.5 Å². The Morgan fingerprint density at radius 2 is 2.20 bits per heavy atom. The van der Waals surface area contributed by atoms with E-state index in [1.165, 1.54) is 0 Å². The molecule has 20 heavy (non-hydrogen) atoms. The van der Waals surface area contributed by atoms with Gasteiger partial charge in [-0.1, -0.05) is 30.3 Å². The van der Waals surface area contributed by atoms with E-state index in [1.807, 2.05) is 37.4 Å². The zero-order valence-corrected chi connectivity index (χ0v) is 11.8. The predicted molar refractivity (Wildman–Crippen MR) is 74.9 cm³/mol. The van der Waals surface area contributed by atoms with Crippen LogP contribution < -0.4 is 0 Å². The third kappa shape index (κ3) is 2.23. The van der Waals surface area contributed by atoms with Crippen LogP contribution in [0.5, 0.6) is 0 Å². The molecule has 1 amide bonds. The highest BCUT2D eigenvalue weighted by Crippen LogP contribution is 2.48. The maximum absolute atomic E-state index is 12.6. The van der Waals surface area contributed by atoms with E-state index in [2.05, 4.69) is 0 Å². The van der Waals surface area contributed by atoms with Crippen molar-refractivity contribution in [1.82, 2.24) is 4.90 Å². The maximum Gasteiger partial charge on any atom is 0.228 e. The number of amides is 1. The van der Waals surface area contributed by atoms with Crippen LogP contribution in [0, 0.1) is 5.92 Å². The molecule has 0 spiro atoms. The van der Waals surface area contributed by atoms with Crippen molar-refractivity contribution >= 4 is 5.91 Å². The number of benzene rings is 1. The highest BCUT2D eigenvalue weighted by Gasteiger charge is 2.56. The number of hydrogen-bond acceptors (Lipinski definition) is 3. The van der Waals surface area contributed by atoms with Crippen LogP contribution in [0.2, 0.25) is 0 Å². The first kappa shape index (κ1) is 13.6. The first-order valence-electron chi connectivity index (χ1n) is 7.22. The number of ether oxygens (including phenoxy) is 1. The van der Waals surface area contributed by atoms with Crippen LogP contribution >= 0.6 is 0 Å². The number of rotatable bonds is 4. The van der Waals surface area contributed by atoms with Gasteiger partial charge in [0.05, 0.1) is 18.6 Å². The van der Waals surface area contributed by atoms with Crippen molar-refractivity contribution in [3.05, 3.63) is 35.9 Å². The monoisotopic (exact) mass is 275 g/mol. The van der Waals surface area contributed by atoms with Crippen LogP contribution in [0.15, 0.2) is 30.3 Å². The standard InChI is InChI=1S/C16H21NO3/c1-17(10-12-5-3-2-4-6-12)15(19)14-9-13-7-8-16(14,11-18)20-13/h2-6,13-14,18H,7-11H2,1H3/t13?,14?,16-/m0/s1. The quantitative estimate of drug-likeness (QED) is 0.907. The van der Waals surface area contributed by atoms with Crippen molar-refractivity contribution in [2.75, 3.05) is 13.7 Å². The Morgan fingerprint density at radius 3 is 2.85 bits per heavy atom. The molecule has 3 rings (SSSR count). The Bertz CT molecular complexity index is 490. The van der Waals surface area contributed by atoms with Crippen molar-refractivity contribution in [2.24, 2.45) is 5.92 Å². The summed E-state index contributed by atoms with van der Waals surface area (Å²) in [6.07, 6.45) is 2.66. The fourth-order valence-electron chi connectivity index (χ4n) is 3.51. The molecule has 2 saturated heterocycles. The van der Waals surface area contributed by atoms with Gasteiger partial charge in [0.15, 0.2) is 0 Å². The molecule has 0 radical (unpaired) electrons. The second-order valence-electron chi connectivity index (χ2n) is 5.97. The summed E-state index contributed by atoms with van der Waals surface area (Å²) in [5.41, 5.74) is 0.498. The highest BCUT2D eigenvalue weighted by molar-refractivity contribution is 5.80. The van der Waals surface area contributed by atoms with Gasteiger partial charge >= 0.3 is 0 Å². The van der Waals surface area contributed by atoms with Gasteiger partial charge in [-0.15, -0.1) is 0 Å². The summed E-state index contributed by atoms with van der Waals surface area (Å²) < 4.78 is 5.85. The van der Waals surface area contributed by atoms with Crippen LogP contribution in [-0.2, 0) is 16.1 Å². The lowest BCUT2D eigenvalue weighted by Gasteiger charge is -2.32. The summed E-state index contributed by atoms with van der Waals surface area (Å²) in [6.45, 7) is 0.543. The zero-order valence-electron chi connectivity index (χ0n) is 11.8. The average Bonchev–Trinajstić information content (AvgIpc) is 3.06. The summed E-state index contributed by atoms with van der Waals surface area (Å²) in [5.74, 6) is -0.106. The molecule has 0 aliphatic carbocycles. The van der Waals surface area contributed by atoms with Crippen LogP contribution in [0.1, 0.15) is 24.8 Å². The van der Waals surface area contributed by atoms with Crippen molar-refractivity contribution in [3.63, 3.8) is 0 Å². The number of fused-ring (bicyclic) bond motifs is 2. The molecule has 0 aromatic heterocycles. The van der Waals surface area contributed by atoms with E-state index in [0.717, 1.165) is 24.8 Å². The predicted octanol–water partition coefficient (Wildman–Crippen LogP) is 1.57. The smallest absolute Gasteiger partial charge is 0.228 e. The molecule has 1 aromatic carbocycles. The van der Waals surface area contributed by atoms with Crippen LogP contribution in [0.3, 0.4) is 0 Å². The molecule has 1 N–H and O–H groups in total. The topological polar surface area (TPSA) is 49.8 Å². The summed E-state index contributed by atoms with van der Waals surface area (Å²) in [6, 6.07) is 9.95. The maximum atomic E-state index is 12.6. The minimum atomic E-state index is -0.618. The molecule has 4 nitrogen and oxygen atoms in total. The van der Waals surface area contributed by atoms with E-state index in [4.69, 9.17) is 4.74 Å². The second-order valence-corrected chi connectivity index (χ2v) is 5.97. The van der Waals surface area contributed by atoms with E-state index in [1.54, 1.807) is 4.90 Å². The van der Waals surface area contributed by atoms with Crippen LogP contribution in [-0.4, -0.2) is 41.3 Å². The number of carbonyl (C=O) groups excluding carboxylic acids is 1. The van der Waals surface area contributed by atoms with E-state index in [0.29, 0.717) is 6.54 Å². The fourth-order valence-corrected chi connectivity index (χ4v) is 3.51. The summed E-state index contributed by atoms with van der Waals surface area (Å²) >= 11 is 0. The Hall–Kier alpha value is -1.39. The van der Waals surface area contributed by atoms with Gasteiger partial charge in [-0.3, -0.25) is 4.79 Å². The van der Waals surface area contributed by atoms with E-state index in [9.17, 15) is 9.90 Å². The lowest BCUT2D eigenvalue weighted by Crippen LogP contribution is -2.47. The van der Waals surface area contributed by atoms with Crippen LogP contribution in [0.25, 0.3) is 0 Å². The molecule has 2 unspecified atom stereocenters. The van der Waals surface area contributed by atoms with Gasteiger partial charge in [-0.2, -0.15) is 0 Å². The lowest BCUT2D eigenvalue weighted by molar-refractivity contribution is -0.142. The van der Waals surface area contributed by atoms with Gasteiger partial charge < -0.3 is 14.7 Å².